The third-order valence-electron chi connectivity index (χ3n) is 10.7. The van der Waals surface area contributed by atoms with E-state index >= 15 is 0 Å². The van der Waals surface area contributed by atoms with E-state index in [1.807, 2.05) is 6.08 Å². The number of aliphatic hydroxyl groups excluding tert-OH is 2. The number of aliphatic hydroxyl groups is 2. The lowest BCUT2D eigenvalue weighted by Gasteiger charge is -2.19. The van der Waals surface area contributed by atoms with Gasteiger partial charge in [-0.25, -0.2) is 0 Å². The summed E-state index contributed by atoms with van der Waals surface area (Å²) in [5, 5.41) is 23.0. The first kappa shape index (κ1) is 53.1. The van der Waals surface area contributed by atoms with Crippen LogP contribution in [0.15, 0.2) is 60.8 Å². The van der Waals surface area contributed by atoms with Crippen molar-refractivity contribution in [2.75, 3.05) is 6.61 Å². The molecule has 2 atom stereocenters. The van der Waals surface area contributed by atoms with Crippen LogP contribution >= 0.6 is 0 Å². The fourth-order valence-corrected chi connectivity index (χ4v) is 7.00. The van der Waals surface area contributed by atoms with Gasteiger partial charge >= 0.3 is 0 Å². The van der Waals surface area contributed by atoms with Crippen LogP contribution in [-0.4, -0.2) is 34.9 Å². The minimum Gasteiger partial charge on any atom is -0.394 e. The molecule has 4 heteroatoms. The number of allylic oxidation sites excluding steroid dienone is 9. The number of carbonyl (C=O) groups excluding carboxylic acids is 1. The molecule has 0 rings (SSSR count). The predicted octanol–water partition coefficient (Wildman–Crippen LogP) is 15.3. The summed E-state index contributed by atoms with van der Waals surface area (Å²) in [6, 6.07) is -0.652. The first-order valence-electron chi connectivity index (χ1n) is 24.0. The Bertz CT molecular complexity index is 919. The van der Waals surface area contributed by atoms with E-state index in [2.05, 4.69) is 67.8 Å². The predicted molar refractivity (Wildman–Crippen MR) is 244 cm³/mol. The first-order valence-corrected chi connectivity index (χ1v) is 24.0. The number of rotatable bonds is 43. The summed E-state index contributed by atoms with van der Waals surface area (Å²) in [6.45, 7) is 4.28. The maximum absolute atomic E-state index is 12.4. The van der Waals surface area contributed by atoms with Gasteiger partial charge in [0.1, 0.15) is 0 Å². The van der Waals surface area contributed by atoms with E-state index < -0.39 is 12.1 Å². The number of hydrogen-bond acceptors (Lipinski definition) is 3. The summed E-state index contributed by atoms with van der Waals surface area (Å²) in [6.07, 6.45) is 64.9. The molecular weight excluding hydrogens is 675 g/mol. The molecule has 0 saturated heterocycles. The van der Waals surface area contributed by atoms with Gasteiger partial charge in [-0.2, -0.15) is 0 Å². The highest BCUT2D eigenvalue weighted by Gasteiger charge is 2.17. The van der Waals surface area contributed by atoms with Crippen molar-refractivity contribution in [2.45, 2.75) is 251 Å². The Morgan fingerprint density at radius 3 is 1.18 bits per heavy atom. The second-order valence-electron chi connectivity index (χ2n) is 16.2. The highest BCUT2D eigenvalue weighted by molar-refractivity contribution is 5.76. The molecule has 1 amide bonds. The fraction of sp³-hybridized carbons (Fsp3) is 0.784. The van der Waals surface area contributed by atoms with Crippen LogP contribution in [-0.2, 0) is 4.79 Å². The fourth-order valence-electron chi connectivity index (χ4n) is 7.00. The lowest BCUT2D eigenvalue weighted by atomic mass is 10.0. The molecule has 320 valence electrons. The molecule has 2 unspecified atom stereocenters. The summed E-state index contributed by atoms with van der Waals surface area (Å²) >= 11 is 0. The number of unbranched alkanes of at least 4 members (excludes halogenated alkanes) is 28. The Morgan fingerprint density at radius 1 is 0.436 bits per heavy atom. The largest absolute Gasteiger partial charge is 0.394 e. The number of hydrogen-bond donors (Lipinski definition) is 3. The van der Waals surface area contributed by atoms with Gasteiger partial charge in [-0.05, 0) is 77.0 Å². The van der Waals surface area contributed by atoms with Crippen molar-refractivity contribution in [3.05, 3.63) is 60.8 Å². The van der Waals surface area contributed by atoms with Gasteiger partial charge < -0.3 is 15.5 Å². The highest BCUT2D eigenvalue weighted by Crippen LogP contribution is 2.15. The topological polar surface area (TPSA) is 69.6 Å². The maximum Gasteiger partial charge on any atom is 0.220 e. The Labute approximate surface area is 343 Å². The summed E-state index contributed by atoms with van der Waals surface area (Å²) < 4.78 is 0. The normalized spacial score (nSPS) is 13.5. The standard InChI is InChI=1S/C51H93NO3/c1-3-5-7-9-11-13-15-17-19-21-23-24-25-26-27-28-29-30-32-34-36-38-40-42-44-46-50(54)49(48-53)52-51(55)47-45-43-41-39-37-35-33-31-22-20-18-16-14-12-10-8-6-4-2/h14,16,20,22,29-30,36,38,44,46,49-50,53-54H,3-13,15,17-19,21,23-28,31-35,37,39-43,45,47-48H2,1-2H3,(H,52,55)/b16-14-,22-20-,30-29+,38-36+,46-44+. The summed E-state index contributed by atoms with van der Waals surface area (Å²) in [4.78, 5) is 12.4. The van der Waals surface area contributed by atoms with Crippen molar-refractivity contribution in [2.24, 2.45) is 0 Å². The molecule has 0 fully saturated rings. The second kappa shape index (κ2) is 46.5. The first-order chi connectivity index (χ1) is 27.2. The summed E-state index contributed by atoms with van der Waals surface area (Å²) in [5.41, 5.74) is 0. The maximum atomic E-state index is 12.4. The second-order valence-corrected chi connectivity index (χ2v) is 16.2. The molecule has 0 spiro atoms. The van der Waals surface area contributed by atoms with E-state index in [0.29, 0.717) is 6.42 Å². The Balaban J connectivity index is 3.63. The molecule has 55 heavy (non-hydrogen) atoms. The van der Waals surface area contributed by atoms with Gasteiger partial charge in [-0.15, -0.1) is 0 Å². The van der Waals surface area contributed by atoms with E-state index in [4.69, 9.17) is 0 Å². The quantitative estimate of drug-likeness (QED) is 0.0427. The van der Waals surface area contributed by atoms with Crippen LogP contribution in [0.1, 0.15) is 239 Å². The van der Waals surface area contributed by atoms with E-state index in [-0.39, 0.29) is 12.5 Å². The molecule has 0 radical (unpaired) electrons. The van der Waals surface area contributed by atoms with Crippen LogP contribution in [0.25, 0.3) is 0 Å². The minimum atomic E-state index is -0.876. The molecule has 0 bridgehead atoms. The van der Waals surface area contributed by atoms with Gasteiger partial charge in [0.25, 0.3) is 0 Å². The number of amides is 1. The smallest absolute Gasteiger partial charge is 0.220 e. The van der Waals surface area contributed by atoms with Crippen LogP contribution in [0.3, 0.4) is 0 Å². The Morgan fingerprint density at radius 2 is 0.764 bits per heavy atom. The lowest BCUT2D eigenvalue weighted by Crippen LogP contribution is -2.45. The monoisotopic (exact) mass is 768 g/mol. The minimum absolute atomic E-state index is 0.0866. The zero-order valence-electron chi connectivity index (χ0n) is 36.7. The van der Waals surface area contributed by atoms with Gasteiger partial charge in [0, 0.05) is 6.42 Å². The summed E-state index contributed by atoms with van der Waals surface area (Å²) in [7, 11) is 0. The SMILES string of the molecule is CCCCCC/C=C\C/C=C\CCCCCCCCCC(=O)NC(CO)C(O)/C=C/CC/C=C/CC/C=C/CCCCCCCCCCCCCCCCC. The molecule has 0 saturated carbocycles. The number of carbonyl (C=O) groups is 1. The van der Waals surface area contributed by atoms with Crippen molar-refractivity contribution in [3.63, 3.8) is 0 Å². The van der Waals surface area contributed by atoms with Crippen molar-refractivity contribution in [1.82, 2.24) is 5.32 Å². The van der Waals surface area contributed by atoms with Crippen molar-refractivity contribution in [3.8, 4) is 0 Å². The number of nitrogens with one attached hydrogen (secondary N) is 1. The third kappa shape index (κ3) is 43.1. The average Bonchev–Trinajstić information content (AvgIpc) is 3.19. The molecule has 0 heterocycles. The molecule has 0 aliphatic rings. The third-order valence-corrected chi connectivity index (χ3v) is 10.7. The zero-order chi connectivity index (χ0) is 40.0. The van der Waals surface area contributed by atoms with Crippen LogP contribution in [0, 0.1) is 0 Å². The molecule has 0 aliphatic carbocycles. The van der Waals surface area contributed by atoms with E-state index in [0.717, 1.165) is 51.4 Å². The zero-order valence-corrected chi connectivity index (χ0v) is 36.7. The molecule has 0 aromatic carbocycles. The molecule has 0 aromatic rings. The lowest BCUT2D eigenvalue weighted by molar-refractivity contribution is -0.123. The average molecular weight is 768 g/mol. The van der Waals surface area contributed by atoms with E-state index in [9.17, 15) is 15.0 Å². The van der Waals surface area contributed by atoms with Crippen molar-refractivity contribution < 1.29 is 15.0 Å². The van der Waals surface area contributed by atoms with E-state index in [1.165, 1.54) is 167 Å². The van der Waals surface area contributed by atoms with Crippen LogP contribution in [0.5, 0.6) is 0 Å². The van der Waals surface area contributed by atoms with E-state index in [1.54, 1.807) is 6.08 Å². The van der Waals surface area contributed by atoms with Gasteiger partial charge in [-0.1, -0.05) is 216 Å². The van der Waals surface area contributed by atoms with Gasteiger partial charge in [0.15, 0.2) is 0 Å². The highest BCUT2D eigenvalue weighted by atomic mass is 16.3. The van der Waals surface area contributed by atoms with Crippen LogP contribution < -0.4 is 5.32 Å². The molecule has 0 aliphatic heterocycles. The van der Waals surface area contributed by atoms with Gasteiger partial charge in [0.2, 0.25) is 5.91 Å². The Kier molecular flexibility index (Phi) is 44.9. The molecule has 0 aromatic heterocycles. The van der Waals surface area contributed by atoms with Gasteiger partial charge in [-0.3, -0.25) is 4.79 Å². The molecule has 4 nitrogen and oxygen atoms in total. The van der Waals surface area contributed by atoms with Crippen LogP contribution in [0.4, 0.5) is 0 Å². The summed E-state index contributed by atoms with van der Waals surface area (Å²) in [5.74, 6) is -0.0866. The van der Waals surface area contributed by atoms with Crippen molar-refractivity contribution in [1.29, 1.82) is 0 Å². The molecule has 3 N–H and O–H groups in total. The van der Waals surface area contributed by atoms with Gasteiger partial charge in [0.05, 0.1) is 18.8 Å². The Hall–Kier alpha value is -1.91. The van der Waals surface area contributed by atoms with Crippen LogP contribution in [0.2, 0.25) is 0 Å². The molecular formula is C51H93NO3. The van der Waals surface area contributed by atoms with Crippen molar-refractivity contribution >= 4 is 5.91 Å².